The SMILES string of the molecule is O=C(O)[C@@H]1CCCN2C(=O)CCC(=C[P+](O)(O)CCCCO)C(=O)N12. The molecule has 0 aromatic heterocycles. The summed E-state index contributed by atoms with van der Waals surface area (Å²) in [5.41, 5.74) is 0.0614. The number of nitrogens with zero attached hydrogens (tertiary/aromatic N) is 2. The molecule has 140 valence electrons. The lowest BCUT2D eigenvalue weighted by molar-refractivity contribution is -0.178. The Morgan fingerprint density at radius 1 is 1.24 bits per heavy atom. The van der Waals surface area contributed by atoms with Crippen LogP contribution in [0.4, 0.5) is 0 Å². The number of hydrazine groups is 1. The van der Waals surface area contributed by atoms with E-state index in [0.29, 0.717) is 19.3 Å². The van der Waals surface area contributed by atoms with Crippen molar-refractivity contribution >= 4 is 25.5 Å². The Morgan fingerprint density at radius 3 is 2.60 bits per heavy atom. The molecule has 25 heavy (non-hydrogen) atoms. The van der Waals surface area contributed by atoms with Gasteiger partial charge in [-0.05, 0) is 32.1 Å². The number of aliphatic hydroxyl groups is 1. The van der Waals surface area contributed by atoms with Crippen molar-refractivity contribution in [3.05, 3.63) is 11.4 Å². The molecule has 2 saturated heterocycles. The highest BCUT2D eigenvalue weighted by Gasteiger charge is 2.44. The smallest absolute Gasteiger partial charge is 0.328 e. The van der Waals surface area contributed by atoms with Gasteiger partial charge in [-0.25, -0.2) is 19.6 Å². The third-order valence-corrected chi connectivity index (χ3v) is 6.02. The number of aliphatic carboxylic acids is 1. The van der Waals surface area contributed by atoms with Gasteiger partial charge in [0, 0.05) is 19.6 Å². The summed E-state index contributed by atoms with van der Waals surface area (Å²) in [5, 5.41) is 20.3. The topological polar surface area (TPSA) is 139 Å². The van der Waals surface area contributed by atoms with Gasteiger partial charge in [0.25, 0.3) is 13.6 Å². The van der Waals surface area contributed by atoms with Crippen molar-refractivity contribution in [1.29, 1.82) is 0 Å². The number of carbonyl (C=O) groups is 3. The Balaban J connectivity index is 2.28. The van der Waals surface area contributed by atoms with Crippen molar-refractivity contribution < 1.29 is 34.4 Å². The molecule has 9 nitrogen and oxygen atoms in total. The summed E-state index contributed by atoms with van der Waals surface area (Å²) >= 11 is 0. The molecule has 0 aromatic rings. The van der Waals surface area contributed by atoms with Crippen LogP contribution in [0.15, 0.2) is 11.4 Å². The third kappa shape index (κ3) is 4.76. The fourth-order valence-corrected chi connectivity index (χ4v) is 4.63. The lowest BCUT2D eigenvalue weighted by atomic mass is 10.1. The van der Waals surface area contributed by atoms with E-state index < -0.39 is 25.6 Å². The highest BCUT2D eigenvalue weighted by molar-refractivity contribution is 7.67. The number of amides is 2. The van der Waals surface area contributed by atoms with E-state index >= 15 is 0 Å². The standard InChI is InChI=1S/C15H23N2O7P/c18-8-1-2-9-25(23,24)10-11-5-6-13(19)16-7-3-4-12(15(21)22)17(16)14(11)20/h10,12,18,23-24H,1-9H2/p+1/t12-/m0/s1. The average molecular weight is 375 g/mol. The van der Waals surface area contributed by atoms with Crippen LogP contribution < -0.4 is 0 Å². The van der Waals surface area contributed by atoms with E-state index in [1.54, 1.807) is 0 Å². The molecule has 1 atom stereocenters. The van der Waals surface area contributed by atoms with Crippen LogP contribution in [0, 0.1) is 0 Å². The van der Waals surface area contributed by atoms with Crippen LogP contribution in [-0.2, 0) is 14.4 Å². The van der Waals surface area contributed by atoms with Crippen LogP contribution in [-0.4, -0.2) is 73.2 Å². The summed E-state index contributed by atoms with van der Waals surface area (Å²) in [5.74, 6) is -1.09. The summed E-state index contributed by atoms with van der Waals surface area (Å²) in [6, 6.07) is -1.13. The van der Waals surface area contributed by atoms with E-state index in [1.807, 2.05) is 0 Å². The van der Waals surface area contributed by atoms with Crippen molar-refractivity contribution in [2.24, 2.45) is 0 Å². The summed E-state index contributed by atoms with van der Waals surface area (Å²) in [7, 11) is -3.51. The zero-order chi connectivity index (χ0) is 18.6. The quantitative estimate of drug-likeness (QED) is 0.293. The number of fused-ring (bicyclic) bond motifs is 1. The largest absolute Gasteiger partial charge is 0.480 e. The van der Waals surface area contributed by atoms with Gasteiger partial charge in [-0.1, -0.05) is 0 Å². The fraction of sp³-hybridized carbons (Fsp3) is 0.667. The van der Waals surface area contributed by atoms with Gasteiger partial charge in [-0.2, -0.15) is 0 Å². The van der Waals surface area contributed by atoms with E-state index in [9.17, 15) is 29.3 Å². The van der Waals surface area contributed by atoms with Crippen molar-refractivity contribution in [3.63, 3.8) is 0 Å². The molecule has 0 unspecified atom stereocenters. The van der Waals surface area contributed by atoms with E-state index in [-0.39, 0.29) is 50.1 Å². The Kier molecular flexibility index (Phi) is 6.51. The minimum Gasteiger partial charge on any atom is -0.480 e. The number of unbranched alkanes of at least 4 members (excludes halogenated alkanes) is 1. The van der Waals surface area contributed by atoms with Crippen LogP contribution in [0.25, 0.3) is 0 Å². The van der Waals surface area contributed by atoms with E-state index in [4.69, 9.17) is 5.11 Å². The zero-order valence-corrected chi connectivity index (χ0v) is 14.8. The average Bonchev–Trinajstić information content (AvgIpc) is 2.67. The summed E-state index contributed by atoms with van der Waals surface area (Å²) in [6.07, 6.45) is 1.62. The molecule has 0 bridgehead atoms. The molecule has 2 aliphatic rings. The molecule has 0 radical (unpaired) electrons. The maximum absolute atomic E-state index is 12.8. The summed E-state index contributed by atoms with van der Waals surface area (Å²) < 4.78 is 0. The number of hydrogen-bond donors (Lipinski definition) is 4. The maximum Gasteiger partial charge on any atom is 0.328 e. The van der Waals surface area contributed by atoms with Gasteiger partial charge < -0.3 is 10.2 Å². The monoisotopic (exact) mass is 375 g/mol. The minimum absolute atomic E-state index is 0.0110. The van der Waals surface area contributed by atoms with Gasteiger partial charge in [0.1, 0.15) is 12.0 Å². The Hall–Kier alpha value is -1.54. The van der Waals surface area contributed by atoms with Crippen molar-refractivity contribution in [1.82, 2.24) is 10.0 Å². The molecule has 2 rings (SSSR count). The molecule has 0 aromatic carbocycles. The molecular weight excluding hydrogens is 351 g/mol. The second-order valence-corrected chi connectivity index (χ2v) is 8.53. The van der Waals surface area contributed by atoms with Crippen molar-refractivity contribution in [2.45, 2.75) is 44.6 Å². The summed E-state index contributed by atoms with van der Waals surface area (Å²) in [6.45, 7) is 0.212. The first-order valence-corrected chi connectivity index (χ1v) is 10.2. The van der Waals surface area contributed by atoms with E-state index in [2.05, 4.69) is 0 Å². The molecule has 0 saturated carbocycles. The lowest BCUT2D eigenvalue weighted by Crippen LogP contribution is -2.59. The first kappa shape index (κ1) is 19.8. The minimum atomic E-state index is -3.51. The third-order valence-electron chi connectivity index (χ3n) is 4.32. The molecule has 10 heteroatoms. The number of rotatable bonds is 6. The lowest BCUT2D eigenvalue weighted by Gasteiger charge is -2.41. The second-order valence-electron chi connectivity index (χ2n) is 6.26. The number of carboxylic acid groups (broad SMARTS) is 1. The zero-order valence-electron chi connectivity index (χ0n) is 13.9. The highest BCUT2D eigenvalue weighted by Crippen LogP contribution is 2.53. The second kappa shape index (κ2) is 8.23. The fourth-order valence-electron chi connectivity index (χ4n) is 3.07. The molecule has 2 aliphatic heterocycles. The van der Waals surface area contributed by atoms with Gasteiger partial charge in [0.2, 0.25) is 5.91 Å². The van der Waals surface area contributed by atoms with Crippen LogP contribution in [0.5, 0.6) is 0 Å². The molecule has 0 aliphatic carbocycles. The van der Waals surface area contributed by atoms with Crippen LogP contribution in [0.3, 0.4) is 0 Å². The van der Waals surface area contributed by atoms with Crippen molar-refractivity contribution in [3.8, 4) is 0 Å². The molecule has 0 spiro atoms. The molecule has 2 amide bonds. The molecule has 4 N–H and O–H groups in total. The molecule has 2 fully saturated rings. The summed E-state index contributed by atoms with van der Waals surface area (Å²) in [4.78, 5) is 56.9. The van der Waals surface area contributed by atoms with Gasteiger partial charge in [-0.3, -0.25) is 14.6 Å². The number of aliphatic hydroxyl groups excluding tert-OH is 1. The predicted molar refractivity (Wildman–Crippen MR) is 89.1 cm³/mol. The van der Waals surface area contributed by atoms with E-state index in [0.717, 1.165) is 10.8 Å². The number of hydrogen-bond acceptors (Lipinski definition) is 6. The normalized spacial score (nSPS) is 23.6. The van der Waals surface area contributed by atoms with Crippen LogP contribution >= 0.6 is 7.72 Å². The predicted octanol–water partition coefficient (Wildman–Crippen LogP) is 0.0880. The number of carbonyl (C=O) groups excluding carboxylic acids is 2. The van der Waals surface area contributed by atoms with Crippen molar-refractivity contribution in [2.75, 3.05) is 19.3 Å². The van der Waals surface area contributed by atoms with Gasteiger partial charge in [-0.15, -0.1) is 0 Å². The molecular formula is C15H24N2O7P+. The van der Waals surface area contributed by atoms with E-state index in [1.165, 1.54) is 5.01 Å². The first-order valence-electron chi connectivity index (χ1n) is 8.29. The Morgan fingerprint density at radius 2 is 1.96 bits per heavy atom. The maximum atomic E-state index is 12.8. The van der Waals surface area contributed by atoms with Gasteiger partial charge >= 0.3 is 5.97 Å². The van der Waals surface area contributed by atoms with Crippen LogP contribution in [0.2, 0.25) is 0 Å². The van der Waals surface area contributed by atoms with Gasteiger partial charge in [0.15, 0.2) is 6.04 Å². The van der Waals surface area contributed by atoms with Gasteiger partial charge in [0.05, 0.1) is 5.57 Å². The first-order chi connectivity index (χ1) is 11.8. The molecule has 2 heterocycles. The number of carboxylic acids is 1. The Labute approximate surface area is 146 Å². The van der Waals surface area contributed by atoms with Crippen LogP contribution in [0.1, 0.15) is 38.5 Å². The highest BCUT2D eigenvalue weighted by atomic mass is 31.2. The Bertz CT molecular complexity index is 578.